The van der Waals surface area contributed by atoms with Gasteiger partial charge in [0.25, 0.3) is 20.2 Å². The number of nitrogens with two attached hydrogens (primary N) is 2. The van der Waals surface area contributed by atoms with Crippen molar-refractivity contribution in [2.75, 3.05) is 18.2 Å². The standard InChI is InChI=1S/C19H17N3O2.2CH4O3S/c1-11-8-15(5-7-17(11)20)19(23)24-16-6-4-12-9-14(18(21)22)3-2-13(12)10-16;2*1-5(2,3)4/h2-10H,20H2,1H3,(H3,21,22);2*1H3,(H,2,3,4). The number of fused-ring (bicyclic) bond motifs is 1. The van der Waals surface area contributed by atoms with Crippen LogP contribution < -0.4 is 16.2 Å². The zero-order valence-electron chi connectivity index (χ0n) is 18.5. The maximum absolute atomic E-state index is 12.2. The van der Waals surface area contributed by atoms with E-state index in [0.717, 1.165) is 16.3 Å². The molecule has 0 fully saturated rings. The van der Waals surface area contributed by atoms with E-state index in [-0.39, 0.29) is 5.84 Å². The summed E-state index contributed by atoms with van der Waals surface area (Å²) in [5.74, 6) is 0.0430. The predicted molar refractivity (Wildman–Crippen MR) is 130 cm³/mol. The number of nitrogen functional groups attached to an aromatic ring is 2. The van der Waals surface area contributed by atoms with Crippen molar-refractivity contribution in [3.8, 4) is 5.75 Å². The number of nitrogens with one attached hydrogen (secondary N) is 1. The van der Waals surface area contributed by atoms with Crippen molar-refractivity contribution in [2.45, 2.75) is 6.92 Å². The minimum absolute atomic E-state index is 0.0196. The fourth-order valence-corrected chi connectivity index (χ4v) is 2.42. The second-order valence-corrected chi connectivity index (χ2v) is 10.00. The highest BCUT2D eigenvalue weighted by atomic mass is 32.2. The van der Waals surface area contributed by atoms with Crippen molar-refractivity contribution >= 4 is 48.5 Å². The fraction of sp³-hybridized carbons (Fsp3) is 0.143. The molecule has 3 aromatic rings. The van der Waals surface area contributed by atoms with E-state index in [2.05, 4.69) is 0 Å². The Kier molecular flexibility index (Phi) is 9.69. The molecule has 0 spiro atoms. The smallest absolute Gasteiger partial charge is 0.343 e. The highest BCUT2D eigenvalue weighted by Crippen LogP contribution is 2.23. The number of hydrogen-bond acceptors (Lipinski definition) is 8. The summed E-state index contributed by atoms with van der Waals surface area (Å²) in [7, 11) is -7.33. The Hall–Kier alpha value is -3.52. The molecule has 11 nitrogen and oxygen atoms in total. The first-order valence-electron chi connectivity index (χ1n) is 9.25. The molecule has 0 atom stereocenters. The van der Waals surface area contributed by atoms with Gasteiger partial charge in [-0.05, 0) is 59.7 Å². The molecule has 13 heteroatoms. The highest BCUT2D eigenvalue weighted by Gasteiger charge is 2.10. The van der Waals surface area contributed by atoms with Crippen molar-refractivity contribution in [1.29, 1.82) is 5.41 Å². The Bertz CT molecular complexity index is 1370. The number of hydrogen-bond donors (Lipinski definition) is 5. The van der Waals surface area contributed by atoms with Crippen LogP contribution in [-0.2, 0) is 20.2 Å². The summed E-state index contributed by atoms with van der Waals surface area (Å²) in [6.07, 6.45) is 1.43. The van der Waals surface area contributed by atoms with Crippen molar-refractivity contribution in [3.05, 3.63) is 71.3 Å². The monoisotopic (exact) mass is 511 g/mol. The van der Waals surface area contributed by atoms with E-state index in [0.29, 0.717) is 35.1 Å². The average Bonchev–Trinajstić information content (AvgIpc) is 2.67. The summed E-state index contributed by atoms with van der Waals surface area (Å²) >= 11 is 0. The van der Waals surface area contributed by atoms with Crippen molar-refractivity contribution < 1.29 is 35.5 Å². The summed E-state index contributed by atoms with van der Waals surface area (Å²) in [5.41, 5.74) is 13.8. The number of rotatable bonds is 3. The maximum Gasteiger partial charge on any atom is 0.343 e. The Morgan fingerprint density at radius 3 is 1.82 bits per heavy atom. The Balaban J connectivity index is 0.000000489. The van der Waals surface area contributed by atoms with Crippen molar-refractivity contribution in [3.63, 3.8) is 0 Å². The van der Waals surface area contributed by atoms with Gasteiger partial charge in [0.05, 0.1) is 18.1 Å². The van der Waals surface area contributed by atoms with Crippen LogP contribution in [-0.4, -0.2) is 50.3 Å². The van der Waals surface area contributed by atoms with Gasteiger partial charge in [-0.25, -0.2) is 4.79 Å². The zero-order chi connectivity index (χ0) is 26.3. The minimum atomic E-state index is -3.67. The molecule has 3 aromatic carbocycles. The lowest BCUT2D eigenvalue weighted by atomic mass is 10.1. The van der Waals surface area contributed by atoms with Gasteiger partial charge >= 0.3 is 5.97 Å². The Morgan fingerprint density at radius 1 is 0.853 bits per heavy atom. The van der Waals surface area contributed by atoms with Gasteiger partial charge in [-0.1, -0.05) is 18.2 Å². The van der Waals surface area contributed by atoms with Crippen LogP contribution in [0.2, 0.25) is 0 Å². The molecule has 0 radical (unpaired) electrons. The lowest BCUT2D eigenvalue weighted by Crippen LogP contribution is -2.10. The molecular formula is C21H25N3O8S2. The van der Waals surface area contributed by atoms with Gasteiger partial charge in [0.1, 0.15) is 11.6 Å². The maximum atomic E-state index is 12.2. The van der Waals surface area contributed by atoms with Gasteiger partial charge in [0.2, 0.25) is 0 Å². The molecular weight excluding hydrogens is 486 g/mol. The van der Waals surface area contributed by atoms with Gasteiger partial charge in [-0.15, -0.1) is 0 Å². The second kappa shape index (κ2) is 11.6. The van der Waals surface area contributed by atoms with Crippen LogP contribution in [0.3, 0.4) is 0 Å². The molecule has 0 saturated heterocycles. The first-order chi connectivity index (χ1) is 15.4. The molecule has 0 aliphatic heterocycles. The number of esters is 1. The summed E-state index contributed by atoms with van der Waals surface area (Å²) in [5, 5.41) is 9.30. The van der Waals surface area contributed by atoms with Crippen molar-refractivity contribution in [2.24, 2.45) is 5.73 Å². The van der Waals surface area contributed by atoms with Crippen LogP contribution in [0.25, 0.3) is 10.8 Å². The van der Waals surface area contributed by atoms with E-state index in [1.165, 1.54) is 0 Å². The lowest BCUT2D eigenvalue weighted by molar-refractivity contribution is 0.0735. The van der Waals surface area contributed by atoms with Crippen LogP contribution in [0.1, 0.15) is 21.5 Å². The predicted octanol–water partition coefficient (Wildman–Crippen LogP) is 2.24. The average molecular weight is 512 g/mol. The van der Waals surface area contributed by atoms with E-state index >= 15 is 0 Å². The highest BCUT2D eigenvalue weighted by molar-refractivity contribution is 7.85. The topological polar surface area (TPSA) is 211 Å². The van der Waals surface area contributed by atoms with Crippen molar-refractivity contribution in [1.82, 2.24) is 0 Å². The number of benzene rings is 3. The summed E-state index contributed by atoms with van der Waals surface area (Å²) < 4.78 is 57.2. The molecule has 0 heterocycles. The summed E-state index contributed by atoms with van der Waals surface area (Å²) in [6.45, 7) is 1.84. The van der Waals surface area contributed by atoms with Crippen LogP contribution in [0.4, 0.5) is 5.69 Å². The molecule has 34 heavy (non-hydrogen) atoms. The van der Waals surface area contributed by atoms with Crippen LogP contribution in [0, 0.1) is 12.3 Å². The van der Waals surface area contributed by atoms with Gasteiger partial charge < -0.3 is 16.2 Å². The number of anilines is 1. The quantitative estimate of drug-likeness (QED) is 0.0863. The van der Waals surface area contributed by atoms with E-state index in [1.807, 2.05) is 25.1 Å². The number of carbonyl (C=O) groups is 1. The van der Waals surface area contributed by atoms with E-state index in [4.69, 9.17) is 30.7 Å². The second-order valence-electron chi connectivity index (χ2n) is 7.06. The first kappa shape index (κ1) is 28.5. The number of aryl methyl sites for hydroxylation is 1. The molecule has 3 rings (SSSR count). The molecule has 7 N–H and O–H groups in total. The molecule has 0 aliphatic carbocycles. The normalized spacial score (nSPS) is 10.9. The summed E-state index contributed by atoms with van der Waals surface area (Å²) in [6, 6.07) is 15.8. The molecule has 0 amide bonds. The van der Waals surface area contributed by atoms with Crippen LogP contribution in [0.15, 0.2) is 54.6 Å². The molecule has 0 unspecified atom stereocenters. The van der Waals surface area contributed by atoms with E-state index in [9.17, 15) is 21.6 Å². The zero-order valence-corrected chi connectivity index (χ0v) is 20.1. The Labute approximate surface area is 197 Å². The minimum Gasteiger partial charge on any atom is -0.423 e. The first-order valence-corrected chi connectivity index (χ1v) is 12.9. The van der Waals surface area contributed by atoms with Gasteiger partial charge in [-0.2, -0.15) is 16.8 Å². The lowest BCUT2D eigenvalue weighted by Gasteiger charge is -2.08. The molecule has 0 bridgehead atoms. The third kappa shape index (κ3) is 11.4. The molecule has 0 saturated carbocycles. The third-order valence-corrected chi connectivity index (χ3v) is 3.84. The number of ether oxygens (including phenoxy) is 1. The fourth-order valence-electron chi connectivity index (χ4n) is 2.42. The summed E-state index contributed by atoms with van der Waals surface area (Å²) in [4.78, 5) is 12.2. The number of amidine groups is 1. The van der Waals surface area contributed by atoms with E-state index < -0.39 is 26.2 Å². The molecule has 184 valence electrons. The molecule has 0 aromatic heterocycles. The van der Waals surface area contributed by atoms with Gasteiger partial charge in [0.15, 0.2) is 0 Å². The van der Waals surface area contributed by atoms with E-state index in [1.54, 1.807) is 36.4 Å². The largest absolute Gasteiger partial charge is 0.423 e. The van der Waals surface area contributed by atoms with Crippen LogP contribution in [0.5, 0.6) is 5.75 Å². The third-order valence-electron chi connectivity index (χ3n) is 3.84. The van der Waals surface area contributed by atoms with Gasteiger partial charge in [0, 0.05) is 11.3 Å². The SMILES string of the molecule is CS(=O)(=O)O.CS(=O)(=O)O.Cc1cc(C(=O)Oc2ccc3cc(C(=N)N)ccc3c2)ccc1N. The molecule has 0 aliphatic rings. The Morgan fingerprint density at radius 2 is 1.32 bits per heavy atom. The van der Waals surface area contributed by atoms with Gasteiger partial charge in [-0.3, -0.25) is 14.5 Å². The number of carbonyl (C=O) groups excluding carboxylic acids is 1. The van der Waals surface area contributed by atoms with Crippen LogP contribution >= 0.6 is 0 Å².